The third-order valence-electron chi connectivity index (χ3n) is 2.44. The molecule has 0 fully saturated rings. The molecule has 0 radical (unpaired) electrons. The average molecular weight is 221 g/mol. The third kappa shape index (κ3) is 3.72. The molecule has 0 atom stereocenters. The van der Waals surface area contributed by atoms with E-state index in [0.717, 1.165) is 44.0 Å². The topological polar surface area (TPSA) is 28.2 Å². The molecule has 90 valence electrons. The van der Waals surface area contributed by atoms with E-state index >= 15 is 0 Å². The van der Waals surface area contributed by atoms with Gasteiger partial charge in [-0.25, -0.2) is 4.98 Å². The molecule has 0 saturated heterocycles. The largest absolute Gasteiger partial charge is 0.384 e. The highest BCUT2D eigenvalue weighted by Gasteiger charge is 2.05. The highest BCUT2D eigenvalue weighted by molar-refractivity contribution is 5.48. The summed E-state index contributed by atoms with van der Waals surface area (Å²) in [6.07, 6.45) is 4.24. The van der Waals surface area contributed by atoms with Gasteiger partial charge >= 0.3 is 0 Å². The van der Waals surface area contributed by atoms with Gasteiger partial charge in [0, 0.05) is 19.6 Å². The average Bonchev–Trinajstić information content (AvgIpc) is 2.30. The van der Waals surface area contributed by atoms with E-state index in [9.17, 15) is 0 Å². The Morgan fingerprint density at radius 3 is 2.25 bits per heavy atom. The second-order valence-electron chi connectivity index (χ2n) is 3.92. The van der Waals surface area contributed by atoms with Crippen LogP contribution in [0.15, 0.2) is 18.3 Å². The SMILES string of the molecule is CCCN(CCC)c1ccc(NCC)cn1. The predicted molar refractivity (Wildman–Crippen MR) is 71.2 cm³/mol. The number of pyridine rings is 1. The second-order valence-corrected chi connectivity index (χ2v) is 3.92. The monoisotopic (exact) mass is 221 g/mol. The quantitative estimate of drug-likeness (QED) is 0.766. The Bertz CT molecular complexity index is 276. The van der Waals surface area contributed by atoms with Crippen molar-refractivity contribution in [1.29, 1.82) is 0 Å². The number of aromatic nitrogens is 1. The van der Waals surface area contributed by atoms with Crippen LogP contribution in [0.25, 0.3) is 0 Å². The van der Waals surface area contributed by atoms with Crippen LogP contribution in [0.4, 0.5) is 11.5 Å². The Kier molecular flexibility index (Phi) is 5.68. The molecule has 0 bridgehead atoms. The maximum absolute atomic E-state index is 4.50. The van der Waals surface area contributed by atoms with E-state index in [-0.39, 0.29) is 0 Å². The molecule has 0 aliphatic heterocycles. The van der Waals surface area contributed by atoms with Crippen molar-refractivity contribution >= 4 is 11.5 Å². The van der Waals surface area contributed by atoms with E-state index < -0.39 is 0 Å². The van der Waals surface area contributed by atoms with Gasteiger partial charge in [0.25, 0.3) is 0 Å². The zero-order chi connectivity index (χ0) is 11.8. The molecule has 0 aromatic carbocycles. The molecule has 1 heterocycles. The summed E-state index contributed by atoms with van der Waals surface area (Å²) in [6, 6.07) is 4.20. The minimum atomic E-state index is 0.939. The van der Waals surface area contributed by atoms with Gasteiger partial charge in [0.1, 0.15) is 5.82 Å². The van der Waals surface area contributed by atoms with Gasteiger partial charge in [-0.3, -0.25) is 0 Å². The first-order valence-electron chi connectivity index (χ1n) is 6.26. The Morgan fingerprint density at radius 2 is 1.81 bits per heavy atom. The second kappa shape index (κ2) is 7.09. The van der Waals surface area contributed by atoms with E-state index in [1.807, 2.05) is 6.20 Å². The van der Waals surface area contributed by atoms with Gasteiger partial charge in [0.15, 0.2) is 0 Å². The van der Waals surface area contributed by atoms with Gasteiger partial charge in [0.2, 0.25) is 0 Å². The zero-order valence-corrected chi connectivity index (χ0v) is 10.7. The molecule has 3 nitrogen and oxygen atoms in total. The first-order valence-corrected chi connectivity index (χ1v) is 6.26. The van der Waals surface area contributed by atoms with Gasteiger partial charge in [-0.15, -0.1) is 0 Å². The summed E-state index contributed by atoms with van der Waals surface area (Å²) in [7, 11) is 0. The number of rotatable bonds is 7. The van der Waals surface area contributed by atoms with E-state index in [0.29, 0.717) is 0 Å². The molecule has 0 saturated carbocycles. The van der Waals surface area contributed by atoms with Crippen LogP contribution in [0.5, 0.6) is 0 Å². The Balaban J connectivity index is 2.68. The standard InChI is InChI=1S/C13H23N3/c1-4-9-16(10-5-2)13-8-7-12(11-15-13)14-6-3/h7-8,11,14H,4-6,9-10H2,1-3H3. The molecular formula is C13H23N3. The first kappa shape index (κ1) is 12.8. The molecule has 0 unspecified atom stereocenters. The molecule has 3 heteroatoms. The number of hydrogen-bond acceptors (Lipinski definition) is 3. The smallest absolute Gasteiger partial charge is 0.128 e. The van der Waals surface area contributed by atoms with E-state index in [1.165, 1.54) is 0 Å². The maximum atomic E-state index is 4.50. The van der Waals surface area contributed by atoms with Crippen LogP contribution in [0.3, 0.4) is 0 Å². The highest BCUT2D eigenvalue weighted by atomic mass is 15.2. The number of hydrogen-bond donors (Lipinski definition) is 1. The van der Waals surface area contributed by atoms with Crippen molar-refractivity contribution in [2.75, 3.05) is 29.9 Å². The van der Waals surface area contributed by atoms with Gasteiger partial charge in [-0.2, -0.15) is 0 Å². The van der Waals surface area contributed by atoms with Gasteiger partial charge < -0.3 is 10.2 Å². The van der Waals surface area contributed by atoms with Crippen LogP contribution in [0.2, 0.25) is 0 Å². The number of nitrogens with one attached hydrogen (secondary N) is 1. The molecular weight excluding hydrogens is 198 g/mol. The Hall–Kier alpha value is -1.25. The minimum Gasteiger partial charge on any atom is -0.384 e. The van der Waals surface area contributed by atoms with E-state index in [1.54, 1.807) is 0 Å². The Morgan fingerprint density at radius 1 is 1.12 bits per heavy atom. The van der Waals surface area contributed by atoms with Crippen molar-refractivity contribution in [2.45, 2.75) is 33.6 Å². The van der Waals surface area contributed by atoms with Crippen molar-refractivity contribution in [2.24, 2.45) is 0 Å². The molecule has 1 rings (SSSR count). The van der Waals surface area contributed by atoms with Crippen molar-refractivity contribution in [3.63, 3.8) is 0 Å². The lowest BCUT2D eigenvalue weighted by Crippen LogP contribution is -2.25. The fourth-order valence-electron chi connectivity index (χ4n) is 1.76. The fourth-order valence-corrected chi connectivity index (χ4v) is 1.76. The van der Waals surface area contributed by atoms with E-state index in [4.69, 9.17) is 0 Å². The molecule has 0 amide bonds. The van der Waals surface area contributed by atoms with Crippen LogP contribution < -0.4 is 10.2 Å². The van der Waals surface area contributed by atoms with E-state index in [2.05, 4.69) is 48.1 Å². The van der Waals surface area contributed by atoms with Crippen LogP contribution >= 0.6 is 0 Å². The Labute approximate surface area is 98.9 Å². The summed E-state index contributed by atoms with van der Waals surface area (Å²) >= 11 is 0. The van der Waals surface area contributed by atoms with Gasteiger partial charge in [-0.1, -0.05) is 13.8 Å². The molecule has 1 N–H and O–H groups in total. The summed E-state index contributed by atoms with van der Waals surface area (Å²) in [5.74, 6) is 1.09. The van der Waals surface area contributed by atoms with Crippen LogP contribution in [0.1, 0.15) is 33.6 Å². The van der Waals surface area contributed by atoms with Gasteiger partial charge in [-0.05, 0) is 31.9 Å². The fraction of sp³-hybridized carbons (Fsp3) is 0.615. The molecule has 1 aromatic rings. The van der Waals surface area contributed by atoms with Crippen molar-refractivity contribution in [3.8, 4) is 0 Å². The molecule has 1 aromatic heterocycles. The summed E-state index contributed by atoms with van der Waals surface area (Å²) < 4.78 is 0. The lowest BCUT2D eigenvalue weighted by atomic mass is 10.3. The summed E-state index contributed by atoms with van der Waals surface area (Å²) in [6.45, 7) is 9.61. The number of nitrogens with zero attached hydrogens (tertiary/aromatic N) is 2. The molecule has 0 aliphatic carbocycles. The summed E-state index contributed by atoms with van der Waals surface area (Å²) in [5.41, 5.74) is 1.10. The molecule has 0 spiro atoms. The maximum Gasteiger partial charge on any atom is 0.128 e. The normalized spacial score (nSPS) is 10.2. The van der Waals surface area contributed by atoms with Crippen molar-refractivity contribution < 1.29 is 0 Å². The van der Waals surface area contributed by atoms with Crippen molar-refractivity contribution in [1.82, 2.24) is 4.98 Å². The zero-order valence-electron chi connectivity index (χ0n) is 10.7. The van der Waals surface area contributed by atoms with Gasteiger partial charge in [0.05, 0.1) is 11.9 Å². The molecule has 0 aliphatic rings. The van der Waals surface area contributed by atoms with Crippen LogP contribution in [0, 0.1) is 0 Å². The predicted octanol–water partition coefficient (Wildman–Crippen LogP) is 3.14. The number of anilines is 2. The summed E-state index contributed by atoms with van der Waals surface area (Å²) in [5, 5.41) is 3.26. The highest BCUT2D eigenvalue weighted by Crippen LogP contribution is 2.14. The molecule has 16 heavy (non-hydrogen) atoms. The minimum absolute atomic E-state index is 0.939. The first-order chi connectivity index (χ1) is 7.81. The van der Waals surface area contributed by atoms with Crippen LogP contribution in [-0.2, 0) is 0 Å². The van der Waals surface area contributed by atoms with Crippen molar-refractivity contribution in [3.05, 3.63) is 18.3 Å². The summed E-state index contributed by atoms with van der Waals surface area (Å²) in [4.78, 5) is 6.84. The lowest BCUT2D eigenvalue weighted by molar-refractivity contribution is 0.734. The third-order valence-corrected chi connectivity index (χ3v) is 2.44. The lowest BCUT2D eigenvalue weighted by Gasteiger charge is -2.22. The van der Waals surface area contributed by atoms with Crippen LogP contribution in [-0.4, -0.2) is 24.6 Å².